The van der Waals surface area contributed by atoms with Crippen LogP contribution in [-0.2, 0) is 14.3 Å². The Hall–Kier alpha value is -2.30. The molecule has 2 aromatic rings. The lowest BCUT2D eigenvalue weighted by Crippen LogP contribution is -2.32. The Labute approximate surface area is 116 Å². The van der Waals surface area contributed by atoms with E-state index in [9.17, 15) is 9.59 Å². The summed E-state index contributed by atoms with van der Waals surface area (Å²) >= 11 is 0. The van der Waals surface area contributed by atoms with Gasteiger partial charge in [0.05, 0.1) is 12.9 Å². The summed E-state index contributed by atoms with van der Waals surface area (Å²) < 4.78 is 10.4. The van der Waals surface area contributed by atoms with Crippen molar-refractivity contribution in [2.45, 2.75) is 19.8 Å². The monoisotopic (exact) mass is 273 g/mol. The lowest BCUT2D eigenvalue weighted by Gasteiger charge is -2.14. The number of amides is 1. The Kier molecular flexibility index (Phi) is 2.97. The second-order valence-corrected chi connectivity index (χ2v) is 4.64. The number of likely N-dealkylation sites (N-methyl/N-ethyl adjacent to an activating group) is 1. The zero-order valence-electron chi connectivity index (χ0n) is 11.4. The van der Waals surface area contributed by atoms with Gasteiger partial charge in [0.2, 0.25) is 5.91 Å². The van der Waals surface area contributed by atoms with Crippen LogP contribution in [-0.4, -0.2) is 25.0 Å². The number of furan rings is 1. The summed E-state index contributed by atoms with van der Waals surface area (Å²) in [6, 6.07) is 5.49. The molecule has 1 aromatic heterocycles. The zero-order valence-corrected chi connectivity index (χ0v) is 11.4. The van der Waals surface area contributed by atoms with Crippen LogP contribution >= 0.6 is 0 Å². The number of carbonyl (C=O) groups is 2. The van der Waals surface area contributed by atoms with Crippen molar-refractivity contribution in [3.05, 3.63) is 30.0 Å². The van der Waals surface area contributed by atoms with Crippen molar-refractivity contribution >= 4 is 28.5 Å². The lowest BCUT2D eigenvalue weighted by atomic mass is 10.00. The summed E-state index contributed by atoms with van der Waals surface area (Å²) in [7, 11) is 0. The molecule has 1 amide bonds. The molecular weight excluding hydrogens is 258 g/mol. The van der Waals surface area contributed by atoms with Crippen molar-refractivity contribution in [2.24, 2.45) is 0 Å². The van der Waals surface area contributed by atoms with Crippen molar-refractivity contribution in [1.29, 1.82) is 0 Å². The fourth-order valence-corrected chi connectivity index (χ4v) is 2.67. The summed E-state index contributed by atoms with van der Waals surface area (Å²) in [6.45, 7) is 4.39. The van der Waals surface area contributed by atoms with Crippen LogP contribution in [0.15, 0.2) is 28.9 Å². The van der Waals surface area contributed by atoms with Gasteiger partial charge in [0.15, 0.2) is 5.92 Å². The number of hydrogen-bond acceptors (Lipinski definition) is 4. The Morgan fingerprint density at radius 1 is 1.40 bits per heavy atom. The maximum Gasteiger partial charge on any atom is 0.323 e. The van der Waals surface area contributed by atoms with E-state index < -0.39 is 11.9 Å². The smallest absolute Gasteiger partial charge is 0.323 e. The lowest BCUT2D eigenvalue weighted by molar-refractivity contribution is -0.147. The first-order valence-corrected chi connectivity index (χ1v) is 6.66. The van der Waals surface area contributed by atoms with Crippen LogP contribution in [0.5, 0.6) is 0 Å². The standard InChI is InChI=1S/C15H15NO4/c1-3-16-11-7-9-5-6-20-12(9)8-10(11)13(14(16)17)15(18)19-4-2/h5-8,13H,3-4H2,1-2H3/t13-/m1/s1. The minimum atomic E-state index is -0.876. The van der Waals surface area contributed by atoms with Gasteiger partial charge >= 0.3 is 5.97 Å². The van der Waals surface area contributed by atoms with Crippen LogP contribution in [0.2, 0.25) is 0 Å². The number of hydrogen-bond donors (Lipinski definition) is 0. The number of fused-ring (bicyclic) bond motifs is 2. The van der Waals surface area contributed by atoms with E-state index in [4.69, 9.17) is 9.15 Å². The number of rotatable bonds is 3. The largest absolute Gasteiger partial charge is 0.465 e. The second-order valence-electron chi connectivity index (χ2n) is 4.64. The third-order valence-corrected chi connectivity index (χ3v) is 3.56. The SMILES string of the molecule is CCOC(=O)[C@H]1C(=O)N(CC)c2cc3ccoc3cc21. The summed E-state index contributed by atoms with van der Waals surface area (Å²) in [5, 5.41) is 0.916. The Morgan fingerprint density at radius 2 is 2.20 bits per heavy atom. The highest BCUT2D eigenvalue weighted by Gasteiger charge is 2.42. The molecule has 0 bridgehead atoms. The molecule has 0 N–H and O–H groups in total. The van der Waals surface area contributed by atoms with Crippen molar-refractivity contribution < 1.29 is 18.7 Å². The van der Waals surface area contributed by atoms with E-state index in [1.165, 1.54) is 0 Å². The van der Waals surface area contributed by atoms with Gasteiger partial charge in [-0.3, -0.25) is 9.59 Å². The highest BCUT2D eigenvalue weighted by molar-refractivity contribution is 6.17. The van der Waals surface area contributed by atoms with Crippen LogP contribution in [0.4, 0.5) is 5.69 Å². The van der Waals surface area contributed by atoms with Crippen molar-refractivity contribution in [3.63, 3.8) is 0 Å². The first-order chi connectivity index (χ1) is 9.67. The average molecular weight is 273 g/mol. The zero-order chi connectivity index (χ0) is 14.3. The van der Waals surface area contributed by atoms with Gasteiger partial charge in [-0.1, -0.05) is 0 Å². The van der Waals surface area contributed by atoms with Gasteiger partial charge in [-0.2, -0.15) is 0 Å². The molecule has 0 radical (unpaired) electrons. The molecule has 0 unspecified atom stereocenters. The third-order valence-electron chi connectivity index (χ3n) is 3.56. The Balaban J connectivity index is 2.16. The van der Waals surface area contributed by atoms with E-state index in [2.05, 4.69) is 0 Å². The fourth-order valence-electron chi connectivity index (χ4n) is 2.67. The van der Waals surface area contributed by atoms with Gasteiger partial charge in [0.1, 0.15) is 5.58 Å². The predicted molar refractivity (Wildman–Crippen MR) is 73.6 cm³/mol. The molecular formula is C15H15NO4. The molecule has 5 heteroatoms. The van der Waals surface area contributed by atoms with Gasteiger partial charge in [-0.15, -0.1) is 0 Å². The molecule has 5 nitrogen and oxygen atoms in total. The maximum absolute atomic E-state index is 12.4. The summed E-state index contributed by atoms with van der Waals surface area (Å²) in [5.74, 6) is -1.60. The van der Waals surface area contributed by atoms with E-state index >= 15 is 0 Å². The highest BCUT2D eigenvalue weighted by Crippen LogP contribution is 2.40. The number of carbonyl (C=O) groups excluding carboxylic acids is 2. The molecule has 0 spiro atoms. The molecule has 104 valence electrons. The van der Waals surface area contributed by atoms with Crippen molar-refractivity contribution in [2.75, 3.05) is 18.1 Å². The molecule has 0 aliphatic carbocycles. The topological polar surface area (TPSA) is 59.8 Å². The van der Waals surface area contributed by atoms with Gasteiger partial charge in [-0.05, 0) is 32.0 Å². The maximum atomic E-state index is 12.4. The molecule has 1 aromatic carbocycles. The summed E-state index contributed by atoms with van der Waals surface area (Å²) in [5.41, 5.74) is 2.10. The number of benzene rings is 1. The van der Waals surface area contributed by atoms with Gasteiger partial charge < -0.3 is 14.1 Å². The molecule has 0 saturated carbocycles. The van der Waals surface area contributed by atoms with Crippen molar-refractivity contribution in [3.8, 4) is 0 Å². The van der Waals surface area contributed by atoms with E-state index in [0.29, 0.717) is 17.7 Å². The Bertz CT molecular complexity index is 688. The van der Waals surface area contributed by atoms with Crippen LogP contribution < -0.4 is 4.90 Å². The van der Waals surface area contributed by atoms with E-state index in [1.807, 2.05) is 19.1 Å². The number of ether oxygens (including phenoxy) is 1. The first kappa shape index (κ1) is 12.7. The summed E-state index contributed by atoms with van der Waals surface area (Å²) in [4.78, 5) is 26.1. The van der Waals surface area contributed by atoms with Gasteiger partial charge in [0.25, 0.3) is 0 Å². The molecule has 3 rings (SSSR count). The normalized spacial score (nSPS) is 17.6. The highest BCUT2D eigenvalue weighted by atomic mass is 16.5. The van der Waals surface area contributed by atoms with Crippen LogP contribution in [0.3, 0.4) is 0 Å². The minimum Gasteiger partial charge on any atom is -0.465 e. The first-order valence-electron chi connectivity index (χ1n) is 6.66. The predicted octanol–water partition coefficient (Wildman–Crippen LogP) is 2.45. The van der Waals surface area contributed by atoms with E-state index in [0.717, 1.165) is 11.1 Å². The van der Waals surface area contributed by atoms with E-state index in [1.54, 1.807) is 24.2 Å². The molecule has 1 aliphatic rings. The van der Waals surface area contributed by atoms with E-state index in [-0.39, 0.29) is 12.5 Å². The average Bonchev–Trinajstić information content (AvgIpc) is 2.97. The second kappa shape index (κ2) is 4.67. The molecule has 20 heavy (non-hydrogen) atoms. The quantitative estimate of drug-likeness (QED) is 0.636. The van der Waals surface area contributed by atoms with Crippen LogP contribution in [0.1, 0.15) is 25.3 Å². The summed E-state index contributed by atoms with van der Waals surface area (Å²) in [6.07, 6.45) is 1.59. The van der Waals surface area contributed by atoms with Crippen LogP contribution in [0, 0.1) is 0 Å². The third kappa shape index (κ3) is 1.70. The number of nitrogens with zero attached hydrogens (tertiary/aromatic N) is 1. The molecule has 1 aliphatic heterocycles. The molecule has 0 saturated heterocycles. The molecule has 2 heterocycles. The molecule has 1 atom stereocenters. The minimum absolute atomic E-state index is 0.228. The number of anilines is 1. The molecule has 0 fully saturated rings. The van der Waals surface area contributed by atoms with Gasteiger partial charge in [0, 0.05) is 23.2 Å². The van der Waals surface area contributed by atoms with Crippen molar-refractivity contribution in [1.82, 2.24) is 0 Å². The fraction of sp³-hybridized carbons (Fsp3) is 0.333. The number of esters is 1. The Morgan fingerprint density at radius 3 is 2.90 bits per heavy atom. The van der Waals surface area contributed by atoms with Crippen LogP contribution in [0.25, 0.3) is 11.0 Å². The van der Waals surface area contributed by atoms with Gasteiger partial charge in [-0.25, -0.2) is 0 Å².